The summed E-state index contributed by atoms with van der Waals surface area (Å²) in [5, 5.41) is 0. The van der Waals surface area contributed by atoms with Crippen molar-refractivity contribution in [2.45, 2.75) is 108 Å². The summed E-state index contributed by atoms with van der Waals surface area (Å²) in [4.78, 5) is 0.188. The summed E-state index contributed by atoms with van der Waals surface area (Å²) in [6.07, 6.45) is 4.37. The van der Waals surface area contributed by atoms with Crippen LogP contribution >= 0.6 is 15.9 Å². The van der Waals surface area contributed by atoms with E-state index in [0.717, 1.165) is 46.7 Å². The molecule has 0 bridgehead atoms. The van der Waals surface area contributed by atoms with E-state index in [0.29, 0.717) is 19.6 Å². The van der Waals surface area contributed by atoms with Gasteiger partial charge in [0, 0.05) is 9.89 Å². The molecule has 0 N–H and O–H groups in total. The first-order valence-corrected chi connectivity index (χ1v) is 17.9. The number of hydrogen-bond donors (Lipinski definition) is 0. The zero-order valence-electron chi connectivity index (χ0n) is 26.6. The minimum absolute atomic E-state index is 0.114. The van der Waals surface area contributed by atoms with Crippen LogP contribution in [0, 0.1) is 6.92 Å². The van der Waals surface area contributed by atoms with Gasteiger partial charge in [-0.2, -0.15) is 8.42 Å². The van der Waals surface area contributed by atoms with Gasteiger partial charge in [-0.15, -0.1) is 0 Å². The van der Waals surface area contributed by atoms with Crippen molar-refractivity contribution in [3.63, 3.8) is 0 Å². The molecule has 0 spiro atoms. The number of hydrogen-bond acceptors (Lipinski definition) is 6. The zero-order valence-corrected chi connectivity index (χ0v) is 29.0. The van der Waals surface area contributed by atoms with Crippen molar-refractivity contribution in [3.8, 4) is 11.1 Å². The van der Waals surface area contributed by atoms with Crippen molar-refractivity contribution in [2.75, 3.05) is 6.61 Å². The second-order valence-corrected chi connectivity index (χ2v) is 16.1. The van der Waals surface area contributed by atoms with Crippen molar-refractivity contribution in [1.29, 1.82) is 0 Å². The number of aryl methyl sites for hydroxylation is 1. The first-order valence-electron chi connectivity index (χ1n) is 15.7. The van der Waals surface area contributed by atoms with Crippen LogP contribution in [-0.4, -0.2) is 33.3 Å². The lowest BCUT2D eigenvalue weighted by atomic mass is 9.68. The Hall–Kier alpha value is -2.01. The van der Waals surface area contributed by atoms with Gasteiger partial charge in [0.1, 0.15) is 0 Å². The zero-order chi connectivity index (χ0) is 31.5. The van der Waals surface area contributed by atoms with E-state index in [-0.39, 0.29) is 16.9 Å². The van der Waals surface area contributed by atoms with Gasteiger partial charge in [-0.3, -0.25) is 4.18 Å². The van der Waals surface area contributed by atoms with E-state index < -0.39 is 28.4 Å². The van der Waals surface area contributed by atoms with Crippen molar-refractivity contribution in [3.05, 3.63) is 80.8 Å². The van der Waals surface area contributed by atoms with Gasteiger partial charge in [0.2, 0.25) is 0 Å². The second kappa shape index (κ2) is 11.7. The summed E-state index contributed by atoms with van der Waals surface area (Å²) in [6, 6.07) is 15.7. The first-order chi connectivity index (χ1) is 20.8. The van der Waals surface area contributed by atoms with E-state index in [1.165, 1.54) is 27.8 Å². The molecule has 234 valence electrons. The molecule has 2 aliphatic heterocycles. The van der Waals surface area contributed by atoms with Crippen LogP contribution in [0.2, 0.25) is 0 Å². The molecule has 9 heteroatoms. The molecule has 3 aliphatic rings. The SMILES string of the molecule is CCCCC1(CCCOS(=O)(=O)c2ccc(C)cc2)c2cc(Br)cc3c2-c2c(cc(B4OC(C)(C)C(C)(C)O4)cc21)COC3. The van der Waals surface area contributed by atoms with Gasteiger partial charge in [0.15, 0.2) is 0 Å². The Balaban J connectivity index is 1.41. The minimum Gasteiger partial charge on any atom is -0.399 e. The van der Waals surface area contributed by atoms with Crippen LogP contribution in [0.15, 0.2) is 57.9 Å². The number of unbranched alkanes of at least 4 members (excludes halogenated alkanes) is 1. The molecule has 6 rings (SSSR count). The average molecular weight is 681 g/mol. The maximum atomic E-state index is 13.0. The van der Waals surface area contributed by atoms with Crippen LogP contribution in [0.25, 0.3) is 11.1 Å². The molecule has 0 radical (unpaired) electrons. The third kappa shape index (κ3) is 5.52. The van der Waals surface area contributed by atoms with Crippen molar-refractivity contribution in [1.82, 2.24) is 0 Å². The first kappa shape index (κ1) is 32.0. The summed E-state index contributed by atoms with van der Waals surface area (Å²) in [5.74, 6) is 0. The molecular formula is C35H42BBrO6S. The minimum atomic E-state index is -3.84. The molecule has 3 aromatic carbocycles. The van der Waals surface area contributed by atoms with Gasteiger partial charge in [-0.25, -0.2) is 0 Å². The van der Waals surface area contributed by atoms with E-state index >= 15 is 0 Å². The number of benzene rings is 3. The standard InChI is InChI=1S/C35H42BBrO6S/c1-7-8-14-35(15-9-16-41-44(38,39)28-12-10-23(2)11-13-28)29-19-26(36-42-33(3,4)34(5,6)43-36)17-24-21-40-22-25-18-27(37)20-30(35)32(25)31(24)29/h10-13,17-20H,7-9,14-16,21-22H2,1-6H3. The van der Waals surface area contributed by atoms with Gasteiger partial charge in [0.05, 0.1) is 35.9 Å². The number of rotatable bonds is 10. The van der Waals surface area contributed by atoms with Crippen LogP contribution in [0.5, 0.6) is 0 Å². The van der Waals surface area contributed by atoms with Gasteiger partial charge in [-0.1, -0.05) is 65.5 Å². The van der Waals surface area contributed by atoms with Crippen molar-refractivity contribution in [2.24, 2.45) is 0 Å². The van der Waals surface area contributed by atoms with E-state index in [4.69, 9.17) is 18.2 Å². The molecule has 2 heterocycles. The molecular weight excluding hydrogens is 639 g/mol. The highest BCUT2D eigenvalue weighted by Crippen LogP contribution is 2.57. The predicted molar refractivity (Wildman–Crippen MR) is 178 cm³/mol. The summed E-state index contributed by atoms with van der Waals surface area (Å²) >= 11 is 3.80. The summed E-state index contributed by atoms with van der Waals surface area (Å²) in [5.41, 5.74) is 8.15. The monoisotopic (exact) mass is 680 g/mol. The Bertz CT molecular complexity index is 1670. The van der Waals surface area contributed by atoms with Crippen LogP contribution in [0.4, 0.5) is 0 Å². The van der Waals surface area contributed by atoms with Crippen LogP contribution < -0.4 is 5.46 Å². The Morgan fingerprint density at radius 1 is 0.864 bits per heavy atom. The average Bonchev–Trinajstić information content (AvgIpc) is 3.25. The fourth-order valence-electron chi connectivity index (χ4n) is 6.95. The lowest BCUT2D eigenvalue weighted by Crippen LogP contribution is -2.41. The van der Waals surface area contributed by atoms with E-state index in [9.17, 15) is 8.42 Å². The second-order valence-electron chi connectivity index (χ2n) is 13.5. The quantitative estimate of drug-likeness (QED) is 0.124. The van der Waals surface area contributed by atoms with E-state index in [1.807, 2.05) is 6.92 Å². The lowest BCUT2D eigenvalue weighted by molar-refractivity contribution is 0.00578. The van der Waals surface area contributed by atoms with Crippen molar-refractivity contribution >= 4 is 38.6 Å². The third-order valence-corrected chi connectivity index (χ3v) is 11.8. The maximum Gasteiger partial charge on any atom is 0.494 e. The normalized spacial score (nSPS) is 21.4. The molecule has 44 heavy (non-hydrogen) atoms. The van der Waals surface area contributed by atoms with E-state index in [2.05, 4.69) is 74.8 Å². The molecule has 1 saturated heterocycles. The van der Waals surface area contributed by atoms with E-state index in [1.54, 1.807) is 24.3 Å². The fraction of sp³-hybridized carbons (Fsp3) is 0.486. The number of ether oxygens (including phenoxy) is 1. The smallest absolute Gasteiger partial charge is 0.399 e. The summed E-state index contributed by atoms with van der Waals surface area (Å²) < 4.78 is 51.9. The Kier molecular flexibility index (Phi) is 8.47. The van der Waals surface area contributed by atoms with Crippen LogP contribution in [0.1, 0.15) is 94.5 Å². The molecule has 1 atom stereocenters. The lowest BCUT2D eigenvalue weighted by Gasteiger charge is -2.33. The molecule has 1 unspecified atom stereocenters. The molecule has 3 aromatic rings. The van der Waals surface area contributed by atoms with Gasteiger partial charge in [0.25, 0.3) is 10.1 Å². The third-order valence-electron chi connectivity index (χ3n) is 10.0. The highest BCUT2D eigenvalue weighted by Gasteiger charge is 2.53. The molecule has 6 nitrogen and oxygen atoms in total. The Morgan fingerprint density at radius 3 is 2.09 bits per heavy atom. The molecule has 1 aliphatic carbocycles. The van der Waals surface area contributed by atoms with Gasteiger partial charge < -0.3 is 14.0 Å². The predicted octanol–water partition coefficient (Wildman–Crippen LogP) is 7.73. The molecule has 0 saturated carbocycles. The number of halogens is 1. The maximum absolute atomic E-state index is 13.0. The van der Waals surface area contributed by atoms with Gasteiger partial charge in [-0.05, 0) is 117 Å². The highest BCUT2D eigenvalue weighted by molar-refractivity contribution is 9.10. The van der Waals surface area contributed by atoms with Crippen LogP contribution in [0.3, 0.4) is 0 Å². The fourth-order valence-corrected chi connectivity index (χ4v) is 8.40. The Morgan fingerprint density at radius 2 is 1.45 bits per heavy atom. The summed E-state index contributed by atoms with van der Waals surface area (Å²) in [6.45, 7) is 13.6. The molecule has 0 aromatic heterocycles. The van der Waals surface area contributed by atoms with Crippen molar-refractivity contribution < 1.29 is 26.6 Å². The molecule has 0 amide bonds. The Labute approximate surface area is 271 Å². The highest BCUT2D eigenvalue weighted by atomic mass is 79.9. The van der Waals surface area contributed by atoms with Gasteiger partial charge >= 0.3 is 7.12 Å². The topological polar surface area (TPSA) is 71.1 Å². The molecule has 1 fully saturated rings. The largest absolute Gasteiger partial charge is 0.494 e. The van der Waals surface area contributed by atoms with Crippen LogP contribution in [-0.2, 0) is 47.0 Å². The summed E-state index contributed by atoms with van der Waals surface area (Å²) in [7, 11) is -4.34.